The molecule has 0 unspecified atom stereocenters. The van der Waals surface area contributed by atoms with Gasteiger partial charge in [0.05, 0.1) is 0 Å². The second-order valence-electron chi connectivity index (χ2n) is 4.16. The molecule has 1 amide bonds. The Morgan fingerprint density at radius 2 is 2.38 bits per heavy atom. The Hall–Kier alpha value is -1.36. The zero-order valence-corrected chi connectivity index (χ0v) is 9.81. The van der Waals surface area contributed by atoms with E-state index in [1.807, 2.05) is 0 Å². The van der Waals surface area contributed by atoms with Crippen LogP contribution in [0.25, 0.3) is 0 Å². The van der Waals surface area contributed by atoms with Gasteiger partial charge < -0.3 is 15.0 Å². The van der Waals surface area contributed by atoms with E-state index in [4.69, 9.17) is 5.11 Å². The molecule has 1 rings (SSSR count). The van der Waals surface area contributed by atoms with Crippen molar-refractivity contribution in [2.45, 2.75) is 33.4 Å². The van der Waals surface area contributed by atoms with Crippen molar-refractivity contribution in [3.8, 4) is 0 Å². The van der Waals surface area contributed by atoms with Gasteiger partial charge in [-0.1, -0.05) is 13.8 Å². The first-order valence-electron chi connectivity index (χ1n) is 5.51. The SMILES string of the molecule is CC(C)CCNC(=O)Cn1ccnc1CO. The molecule has 1 heterocycles. The number of rotatable bonds is 6. The lowest BCUT2D eigenvalue weighted by atomic mass is 10.1. The fraction of sp³-hybridized carbons (Fsp3) is 0.636. The lowest BCUT2D eigenvalue weighted by molar-refractivity contribution is -0.121. The average Bonchev–Trinajstić information content (AvgIpc) is 2.64. The molecule has 0 aliphatic rings. The summed E-state index contributed by atoms with van der Waals surface area (Å²) in [5.74, 6) is 1.05. The molecule has 0 saturated heterocycles. The van der Waals surface area contributed by atoms with E-state index in [-0.39, 0.29) is 19.1 Å². The van der Waals surface area contributed by atoms with Crippen molar-refractivity contribution in [3.63, 3.8) is 0 Å². The lowest BCUT2D eigenvalue weighted by Crippen LogP contribution is -2.29. The smallest absolute Gasteiger partial charge is 0.239 e. The summed E-state index contributed by atoms with van der Waals surface area (Å²) in [7, 11) is 0. The van der Waals surface area contributed by atoms with Crippen LogP contribution in [0.15, 0.2) is 12.4 Å². The number of carbonyl (C=O) groups is 1. The summed E-state index contributed by atoms with van der Waals surface area (Å²) in [5, 5.41) is 11.8. The van der Waals surface area contributed by atoms with E-state index < -0.39 is 0 Å². The number of amides is 1. The molecule has 0 aliphatic carbocycles. The maximum atomic E-state index is 11.5. The number of aliphatic hydroxyl groups excluding tert-OH is 1. The van der Waals surface area contributed by atoms with E-state index in [9.17, 15) is 4.79 Å². The molecule has 0 bridgehead atoms. The van der Waals surface area contributed by atoms with Crippen LogP contribution < -0.4 is 5.32 Å². The lowest BCUT2D eigenvalue weighted by Gasteiger charge is -2.08. The number of hydrogen-bond donors (Lipinski definition) is 2. The molecule has 90 valence electrons. The first kappa shape index (κ1) is 12.7. The van der Waals surface area contributed by atoms with Crippen molar-refractivity contribution >= 4 is 5.91 Å². The van der Waals surface area contributed by atoms with E-state index in [1.54, 1.807) is 17.0 Å². The summed E-state index contributed by atoms with van der Waals surface area (Å²) < 4.78 is 1.64. The number of hydrogen-bond acceptors (Lipinski definition) is 3. The number of nitrogens with zero attached hydrogens (tertiary/aromatic N) is 2. The zero-order valence-electron chi connectivity index (χ0n) is 9.81. The van der Waals surface area contributed by atoms with Crippen molar-refractivity contribution in [1.29, 1.82) is 0 Å². The Morgan fingerprint density at radius 3 is 3.00 bits per heavy atom. The Bertz CT molecular complexity index is 334. The average molecular weight is 225 g/mol. The zero-order chi connectivity index (χ0) is 12.0. The minimum absolute atomic E-state index is 0.0478. The Balaban J connectivity index is 2.34. The second-order valence-corrected chi connectivity index (χ2v) is 4.16. The Morgan fingerprint density at radius 1 is 1.62 bits per heavy atom. The van der Waals surface area contributed by atoms with Gasteiger partial charge in [0, 0.05) is 18.9 Å². The Kier molecular flexibility index (Phi) is 4.98. The van der Waals surface area contributed by atoms with Crippen LogP contribution in [0, 0.1) is 5.92 Å². The van der Waals surface area contributed by atoms with Crippen LogP contribution in [0.3, 0.4) is 0 Å². The van der Waals surface area contributed by atoms with Crippen molar-refractivity contribution in [2.24, 2.45) is 5.92 Å². The number of aromatic nitrogens is 2. The first-order valence-corrected chi connectivity index (χ1v) is 5.51. The molecule has 0 atom stereocenters. The molecule has 0 fully saturated rings. The summed E-state index contributed by atoms with van der Waals surface area (Å²) in [5.41, 5.74) is 0. The molecule has 2 N–H and O–H groups in total. The van der Waals surface area contributed by atoms with Crippen molar-refractivity contribution in [3.05, 3.63) is 18.2 Å². The normalized spacial score (nSPS) is 10.8. The van der Waals surface area contributed by atoms with Gasteiger partial charge in [0.1, 0.15) is 19.0 Å². The second kappa shape index (κ2) is 6.27. The molecular formula is C11H19N3O2. The number of nitrogens with one attached hydrogen (secondary N) is 1. The van der Waals surface area contributed by atoms with E-state index in [0.717, 1.165) is 6.42 Å². The quantitative estimate of drug-likeness (QED) is 0.742. The van der Waals surface area contributed by atoms with Gasteiger partial charge in [0.15, 0.2) is 0 Å². The Labute approximate surface area is 95.5 Å². The molecule has 0 aliphatic heterocycles. The maximum Gasteiger partial charge on any atom is 0.239 e. The standard InChI is InChI=1S/C11H19N3O2/c1-9(2)3-4-13-11(16)7-14-6-5-12-10(14)8-15/h5-6,9,15H,3-4,7-8H2,1-2H3,(H,13,16). The molecule has 1 aromatic heterocycles. The third-order valence-electron chi connectivity index (χ3n) is 2.30. The predicted octanol–water partition coefficient (Wildman–Crippen LogP) is 0.538. The number of carbonyl (C=O) groups excluding carboxylic acids is 1. The fourth-order valence-electron chi connectivity index (χ4n) is 1.35. The van der Waals surface area contributed by atoms with Crippen LogP contribution in [-0.2, 0) is 17.9 Å². The van der Waals surface area contributed by atoms with Gasteiger partial charge in [0.2, 0.25) is 5.91 Å². The molecular weight excluding hydrogens is 206 g/mol. The highest BCUT2D eigenvalue weighted by atomic mass is 16.3. The molecule has 1 aromatic rings. The summed E-state index contributed by atoms with van der Waals surface area (Å²) in [6.45, 7) is 5.00. The first-order chi connectivity index (χ1) is 7.63. The van der Waals surface area contributed by atoms with Crippen LogP contribution in [-0.4, -0.2) is 27.1 Å². The third kappa shape index (κ3) is 4.02. The van der Waals surface area contributed by atoms with Crippen molar-refractivity contribution in [1.82, 2.24) is 14.9 Å². The van der Waals surface area contributed by atoms with Gasteiger partial charge >= 0.3 is 0 Å². The van der Waals surface area contributed by atoms with Crippen molar-refractivity contribution in [2.75, 3.05) is 6.54 Å². The van der Waals surface area contributed by atoms with Gasteiger partial charge in [-0.3, -0.25) is 4.79 Å². The summed E-state index contributed by atoms with van der Waals surface area (Å²) in [6, 6.07) is 0. The van der Waals surface area contributed by atoms with Crippen LogP contribution in [0.1, 0.15) is 26.1 Å². The largest absolute Gasteiger partial charge is 0.388 e. The van der Waals surface area contributed by atoms with E-state index in [1.165, 1.54) is 0 Å². The summed E-state index contributed by atoms with van der Waals surface area (Å²) >= 11 is 0. The third-order valence-corrected chi connectivity index (χ3v) is 2.30. The fourth-order valence-corrected chi connectivity index (χ4v) is 1.35. The van der Waals surface area contributed by atoms with Crippen LogP contribution in [0.4, 0.5) is 0 Å². The number of imidazole rings is 1. The van der Waals surface area contributed by atoms with E-state index >= 15 is 0 Å². The highest BCUT2D eigenvalue weighted by Gasteiger charge is 2.06. The highest BCUT2D eigenvalue weighted by Crippen LogP contribution is 1.98. The van der Waals surface area contributed by atoms with Crippen LogP contribution in [0.2, 0.25) is 0 Å². The van der Waals surface area contributed by atoms with Gasteiger partial charge in [-0.2, -0.15) is 0 Å². The number of aliphatic hydroxyl groups is 1. The highest BCUT2D eigenvalue weighted by molar-refractivity contribution is 5.75. The van der Waals surface area contributed by atoms with Crippen LogP contribution in [0.5, 0.6) is 0 Å². The van der Waals surface area contributed by atoms with E-state index in [2.05, 4.69) is 24.1 Å². The van der Waals surface area contributed by atoms with E-state index in [0.29, 0.717) is 18.3 Å². The van der Waals surface area contributed by atoms with Crippen molar-refractivity contribution < 1.29 is 9.90 Å². The molecule has 0 radical (unpaired) electrons. The molecule has 0 aromatic carbocycles. The van der Waals surface area contributed by atoms with Gasteiger partial charge in [0.25, 0.3) is 0 Å². The maximum absolute atomic E-state index is 11.5. The molecule has 0 saturated carbocycles. The molecule has 0 spiro atoms. The molecule has 5 heteroatoms. The molecule has 5 nitrogen and oxygen atoms in total. The minimum Gasteiger partial charge on any atom is -0.388 e. The van der Waals surface area contributed by atoms with Crippen LogP contribution >= 0.6 is 0 Å². The topological polar surface area (TPSA) is 67.2 Å². The minimum atomic E-state index is -0.147. The van der Waals surface area contributed by atoms with Gasteiger partial charge in [-0.05, 0) is 12.3 Å². The monoisotopic (exact) mass is 225 g/mol. The van der Waals surface area contributed by atoms with Gasteiger partial charge in [-0.15, -0.1) is 0 Å². The summed E-state index contributed by atoms with van der Waals surface area (Å²) in [4.78, 5) is 15.4. The van der Waals surface area contributed by atoms with Gasteiger partial charge in [-0.25, -0.2) is 4.98 Å². The predicted molar refractivity (Wildman–Crippen MR) is 60.6 cm³/mol. The molecule has 16 heavy (non-hydrogen) atoms. The summed E-state index contributed by atoms with van der Waals surface area (Å²) in [6.07, 6.45) is 4.24.